The van der Waals surface area contributed by atoms with Crippen LogP contribution in [0.3, 0.4) is 0 Å². The molecule has 0 aliphatic heterocycles. The predicted molar refractivity (Wildman–Crippen MR) is 79.9 cm³/mol. The molecule has 20 heavy (non-hydrogen) atoms. The third-order valence-electron chi connectivity index (χ3n) is 2.77. The first-order valence-electron chi connectivity index (χ1n) is 6.73. The minimum atomic E-state index is -3.18. The highest BCUT2D eigenvalue weighted by molar-refractivity contribution is 7.89. The van der Waals surface area contributed by atoms with Crippen LogP contribution >= 0.6 is 0 Å². The van der Waals surface area contributed by atoms with Gasteiger partial charge in [0.1, 0.15) is 6.61 Å². The van der Waals surface area contributed by atoms with Gasteiger partial charge in [-0.1, -0.05) is 19.4 Å². The van der Waals surface area contributed by atoms with Gasteiger partial charge < -0.3 is 9.47 Å². The summed E-state index contributed by atoms with van der Waals surface area (Å²) < 4.78 is 36.4. The summed E-state index contributed by atoms with van der Waals surface area (Å²) in [5.74, 6) is 1.43. The molecule has 1 rings (SSSR count). The van der Waals surface area contributed by atoms with Crippen molar-refractivity contribution in [3.63, 3.8) is 0 Å². The molecule has 114 valence electrons. The molecule has 1 N–H and O–H groups in total. The average molecular weight is 301 g/mol. The van der Waals surface area contributed by atoms with Gasteiger partial charge in [-0.3, -0.25) is 0 Å². The largest absolute Gasteiger partial charge is 0.493 e. The number of methoxy groups -OCH3 is 1. The van der Waals surface area contributed by atoms with Crippen LogP contribution in [0.1, 0.15) is 25.3 Å². The number of rotatable bonds is 9. The van der Waals surface area contributed by atoms with E-state index in [0.717, 1.165) is 12.0 Å². The van der Waals surface area contributed by atoms with Crippen molar-refractivity contribution in [1.82, 2.24) is 4.72 Å². The summed E-state index contributed by atoms with van der Waals surface area (Å²) >= 11 is 0. The van der Waals surface area contributed by atoms with E-state index in [9.17, 15) is 8.42 Å². The zero-order chi connectivity index (χ0) is 15.0. The second-order valence-electron chi connectivity index (χ2n) is 4.57. The van der Waals surface area contributed by atoms with Gasteiger partial charge in [0.15, 0.2) is 11.5 Å². The number of unbranched alkanes of at least 4 members (excludes halogenated alkanes) is 1. The molecule has 5 nitrogen and oxygen atoms in total. The number of hydrogen-bond acceptors (Lipinski definition) is 4. The van der Waals surface area contributed by atoms with Crippen LogP contribution in [0.5, 0.6) is 11.5 Å². The van der Waals surface area contributed by atoms with Crippen molar-refractivity contribution in [2.45, 2.75) is 26.7 Å². The molecule has 1 aromatic carbocycles. The normalized spacial score (nSPS) is 11.3. The summed E-state index contributed by atoms with van der Waals surface area (Å²) in [5.41, 5.74) is 1.08. The molecule has 0 amide bonds. The van der Waals surface area contributed by atoms with Crippen molar-refractivity contribution >= 4 is 10.0 Å². The molecule has 0 saturated carbocycles. The fourth-order valence-electron chi connectivity index (χ4n) is 1.66. The van der Waals surface area contributed by atoms with E-state index in [2.05, 4.69) is 4.72 Å². The molecule has 6 heteroatoms. The maximum atomic E-state index is 11.6. The highest BCUT2D eigenvalue weighted by Gasteiger charge is 2.09. The molecule has 0 radical (unpaired) electrons. The molecular formula is C14H23NO4S. The van der Waals surface area contributed by atoms with Crippen molar-refractivity contribution in [2.75, 3.05) is 26.0 Å². The van der Waals surface area contributed by atoms with Gasteiger partial charge in [-0.25, -0.2) is 13.1 Å². The second-order valence-corrected chi connectivity index (χ2v) is 6.50. The molecule has 1 aromatic rings. The predicted octanol–water partition coefficient (Wildman–Crippen LogP) is 2.10. The van der Waals surface area contributed by atoms with Crippen LogP contribution in [0.25, 0.3) is 0 Å². The zero-order valence-electron chi connectivity index (χ0n) is 12.3. The van der Waals surface area contributed by atoms with Crippen molar-refractivity contribution in [2.24, 2.45) is 0 Å². The Bertz CT molecular complexity index is 514. The van der Waals surface area contributed by atoms with Crippen LogP contribution in [0.4, 0.5) is 0 Å². The van der Waals surface area contributed by atoms with E-state index in [1.807, 2.05) is 32.0 Å². The number of ether oxygens (including phenoxy) is 2. The third kappa shape index (κ3) is 5.79. The highest BCUT2D eigenvalue weighted by atomic mass is 32.2. The quantitative estimate of drug-likeness (QED) is 0.709. The number of sulfonamides is 1. The Balaban J connectivity index is 2.41. The van der Waals surface area contributed by atoms with E-state index < -0.39 is 10.0 Å². The van der Waals surface area contributed by atoms with Crippen molar-refractivity contribution in [3.05, 3.63) is 23.8 Å². The van der Waals surface area contributed by atoms with Gasteiger partial charge in [0.2, 0.25) is 10.0 Å². The van der Waals surface area contributed by atoms with Crippen molar-refractivity contribution in [3.8, 4) is 11.5 Å². The van der Waals surface area contributed by atoms with Gasteiger partial charge >= 0.3 is 0 Å². The number of benzene rings is 1. The fourth-order valence-corrected chi connectivity index (χ4v) is 2.87. The first-order valence-corrected chi connectivity index (χ1v) is 8.38. The maximum Gasteiger partial charge on any atom is 0.211 e. The smallest absolute Gasteiger partial charge is 0.211 e. The Morgan fingerprint density at radius 3 is 2.65 bits per heavy atom. The standard InChI is InChI=1S/C14H23NO4S/c1-4-5-10-20(16,17)15-8-9-19-13-7-6-12(2)11-14(13)18-3/h6-7,11,15H,4-5,8-10H2,1-3H3. The third-order valence-corrected chi connectivity index (χ3v) is 4.24. The summed E-state index contributed by atoms with van der Waals surface area (Å²) in [4.78, 5) is 0. The molecule has 0 spiro atoms. The first-order chi connectivity index (χ1) is 9.48. The minimum Gasteiger partial charge on any atom is -0.493 e. The van der Waals surface area contributed by atoms with Crippen LogP contribution in [0.15, 0.2) is 18.2 Å². The summed E-state index contributed by atoms with van der Waals surface area (Å²) in [6.45, 7) is 4.45. The van der Waals surface area contributed by atoms with Gasteiger partial charge in [-0.15, -0.1) is 0 Å². The van der Waals surface area contributed by atoms with E-state index >= 15 is 0 Å². The summed E-state index contributed by atoms with van der Waals surface area (Å²) in [7, 11) is -1.60. The Kier molecular flexibility index (Phi) is 6.81. The van der Waals surface area contributed by atoms with E-state index in [0.29, 0.717) is 17.9 Å². The lowest BCUT2D eigenvalue weighted by Crippen LogP contribution is -2.30. The molecule has 0 aromatic heterocycles. The molecule has 0 aliphatic carbocycles. The Labute approximate surface area is 121 Å². The van der Waals surface area contributed by atoms with Gasteiger partial charge in [0.05, 0.1) is 12.9 Å². The Morgan fingerprint density at radius 1 is 1.25 bits per heavy atom. The van der Waals surface area contributed by atoms with Gasteiger partial charge in [0.25, 0.3) is 0 Å². The summed E-state index contributed by atoms with van der Waals surface area (Å²) in [6, 6.07) is 5.61. The van der Waals surface area contributed by atoms with Crippen LogP contribution < -0.4 is 14.2 Å². The van der Waals surface area contributed by atoms with E-state index in [4.69, 9.17) is 9.47 Å². The fraction of sp³-hybridized carbons (Fsp3) is 0.571. The molecule has 0 aliphatic rings. The van der Waals surface area contributed by atoms with Crippen molar-refractivity contribution < 1.29 is 17.9 Å². The minimum absolute atomic E-state index is 0.164. The lowest BCUT2D eigenvalue weighted by molar-refractivity contribution is 0.298. The summed E-state index contributed by atoms with van der Waals surface area (Å²) in [6.07, 6.45) is 1.53. The SMILES string of the molecule is CCCCS(=O)(=O)NCCOc1ccc(C)cc1OC. The lowest BCUT2D eigenvalue weighted by atomic mass is 10.2. The molecule has 0 unspecified atom stereocenters. The van der Waals surface area contributed by atoms with Gasteiger partial charge in [-0.05, 0) is 31.0 Å². The Hall–Kier alpha value is -1.27. The molecule has 0 atom stereocenters. The number of aryl methyl sites for hydroxylation is 1. The second kappa shape index (κ2) is 8.11. The maximum absolute atomic E-state index is 11.6. The molecule has 0 fully saturated rings. The molecular weight excluding hydrogens is 278 g/mol. The van der Waals surface area contributed by atoms with Crippen molar-refractivity contribution in [1.29, 1.82) is 0 Å². The van der Waals surface area contributed by atoms with E-state index in [1.165, 1.54) is 0 Å². The monoisotopic (exact) mass is 301 g/mol. The average Bonchev–Trinajstić information content (AvgIpc) is 2.42. The number of nitrogens with one attached hydrogen (secondary N) is 1. The zero-order valence-corrected chi connectivity index (χ0v) is 13.1. The van der Waals surface area contributed by atoms with Crippen LogP contribution in [-0.2, 0) is 10.0 Å². The first kappa shape index (κ1) is 16.8. The molecule has 0 saturated heterocycles. The molecule has 0 bridgehead atoms. The van der Waals surface area contributed by atoms with E-state index in [-0.39, 0.29) is 18.9 Å². The van der Waals surface area contributed by atoms with Crippen LogP contribution in [0, 0.1) is 6.92 Å². The lowest BCUT2D eigenvalue weighted by Gasteiger charge is -2.12. The van der Waals surface area contributed by atoms with Crippen LogP contribution in [-0.4, -0.2) is 34.4 Å². The van der Waals surface area contributed by atoms with Crippen LogP contribution in [0.2, 0.25) is 0 Å². The topological polar surface area (TPSA) is 64.6 Å². The summed E-state index contributed by atoms with van der Waals surface area (Å²) in [5, 5.41) is 0. The number of hydrogen-bond donors (Lipinski definition) is 1. The van der Waals surface area contributed by atoms with Gasteiger partial charge in [-0.2, -0.15) is 0 Å². The van der Waals surface area contributed by atoms with Gasteiger partial charge in [0, 0.05) is 6.54 Å². The van der Waals surface area contributed by atoms with E-state index in [1.54, 1.807) is 7.11 Å². The molecule has 0 heterocycles. The Morgan fingerprint density at radius 2 is 2.00 bits per heavy atom. The highest BCUT2D eigenvalue weighted by Crippen LogP contribution is 2.27.